The molecule has 0 radical (unpaired) electrons. The largest absolute Gasteiger partial charge is 0.393 e. The molecule has 0 fully saturated rings. The van der Waals surface area contributed by atoms with Crippen LogP contribution in [0.4, 0.5) is 4.79 Å². The maximum absolute atomic E-state index is 11.7. The lowest BCUT2D eigenvalue weighted by molar-refractivity contribution is 0.160. The minimum atomic E-state index is -0.337. The van der Waals surface area contributed by atoms with Crippen molar-refractivity contribution in [3.63, 3.8) is 0 Å². The molecule has 2 amide bonds. The van der Waals surface area contributed by atoms with Crippen LogP contribution in [-0.2, 0) is 5.41 Å². The molecule has 20 heavy (non-hydrogen) atoms. The first-order chi connectivity index (χ1) is 9.45. The van der Waals surface area contributed by atoms with E-state index in [1.807, 2.05) is 25.1 Å². The number of carbonyl (C=O) groups excluding carboxylic acids is 1. The molecule has 0 heterocycles. The molecule has 0 aliphatic carbocycles. The molecule has 0 aromatic heterocycles. The van der Waals surface area contributed by atoms with E-state index in [4.69, 9.17) is 0 Å². The summed E-state index contributed by atoms with van der Waals surface area (Å²) in [5.74, 6) is 0. The SMILES string of the molecule is CCC(O)CCNC(=O)NCC(C)(C)c1ccccc1. The van der Waals surface area contributed by atoms with Crippen LogP contribution in [0.2, 0.25) is 0 Å². The van der Waals surface area contributed by atoms with Crippen molar-refractivity contribution in [2.75, 3.05) is 13.1 Å². The number of nitrogens with one attached hydrogen (secondary N) is 2. The maximum atomic E-state index is 11.7. The van der Waals surface area contributed by atoms with E-state index < -0.39 is 0 Å². The van der Waals surface area contributed by atoms with Crippen molar-refractivity contribution in [2.45, 2.75) is 45.1 Å². The third-order valence-corrected chi connectivity index (χ3v) is 3.48. The topological polar surface area (TPSA) is 61.4 Å². The van der Waals surface area contributed by atoms with E-state index in [-0.39, 0.29) is 17.6 Å². The van der Waals surface area contributed by atoms with Crippen molar-refractivity contribution in [2.24, 2.45) is 0 Å². The van der Waals surface area contributed by atoms with Gasteiger partial charge in [-0.15, -0.1) is 0 Å². The first kappa shape index (κ1) is 16.5. The van der Waals surface area contributed by atoms with E-state index in [0.717, 1.165) is 0 Å². The van der Waals surface area contributed by atoms with Gasteiger partial charge in [0.15, 0.2) is 0 Å². The van der Waals surface area contributed by atoms with Crippen molar-refractivity contribution in [3.8, 4) is 0 Å². The van der Waals surface area contributed by atoms with Crippen LogP contribution in [0.3, 0.4) is 0 Å². The van der Waals surface area contributed by atoms with E-state index in [2.05, 4.69) is 36.6 Å². The number of aliphatic hydroxyl groups is 1. The number of hydrogen-bond donors (Lipinski definition) is 3. The molecule has 3 N–H and O–H groups in total. The van der Waals surface area contributed by atoms with Crippen molar-refractivity contribution >= 4 is 6.03 Å². The van der Waals surface area contributed by atoms with Crippen molar-refractivity contribution in [1.29, 1.82) is 0 Å². The first-order valence-corrected chi connectivity index (χ1v) is 7.21. The van der Waals surface area contributed by atoms with Gasteiger partial charge in [-0.05, 0) is 18.4 Å². The highest BCUT2D eigenvalue weighted by molar-refractivity contribution is 5.73. The molecule has 0 bridgehead atoms. The quantitative estimate of drug-likeness (QED) is 0.717. The second-order valence-corrected chi connectivity index (χ2v) is 5.71. The Morgan fingerprint density at radius 2 is 1.90 bits per heavy atom. The lowest BCUT2D eigenvalue weighted by Crippen LogP contribution is -2.42. The van der Waals surface area contributed by atoms with Crippen molar-refractivity contribution < 1.29 is 9.90 Å². The molecule has 4 heteroatoms. The van der Waals surface area contributed by atoms with Gasteiger partial charge in [-0.1, -0.05) is 51.1 Å². The number of aliphatic hydroxyl groups excluding tert-OH is 1. The number of benzene rings is 1. The molecular formula is C16H26N2O2. The predicted molar refractivity (Wildman–Crippen MR) is 81.8 cm³/mol. The van der Waals surface area contributed by atoms with Crippen LogP contribution in [0.15, 0.2) is 30.3 Å². The van der Waals surface area contributed by atoms with Crippen LogP contribution in [0.5, 0.6) is 0 Å². The molecule has 0 spiro atoms. The molecular weight excluding hydrogens is 252 g/mol. The Hall–Kier alpha value is -1.55. The van der Waals surface area contributed by atoms with Gasteiger partial charge in [0.05, 0.1) is 6.10 Å². The fourth-order valence-corrected chi connectivity index (χ4v) is 1.91. The number of amides is 2. The summed E-state index contributed by atoms with van der Waals surface area (Å²) in [7, 11) is 0. The summed E-state index contributed by atoms with van der Waals surface area (Å²) in [5, 5.41) is 15.1. The second kappa shape index (κ2) is 7.90. The van der Waals surface area contributed by atoms with Crippen molar-refractivity contribution in [3.05, 3.63) is 35.9 Å². The maximum Gasteiger partial charge on any atom is 0.314 e. The Labute approximate surface area is 121 Å². The Bertz CT molecular complexity index is 404. The fraction of sp³-hybridized carbons (Fsp3) is 0.562. The summed E-state index contributed by atoms with van der Waals surface area (Å²) in [6.45, 7) is 7.19. The van der Waals surface area contributed by atoms with Crippen LogP contribution < -0.4 is 10.6 Å². The van der Waals surface area contributed by atoms with Gasteiger partial charge in [0.2, 0.25) is 0 Å². The summed E-state index contributed by atoms with van der Waals surface area (Å²) >= 11 is 0. The summed E-state index contributed by atoms with van der Waals surface area (Å²) in [6, 6.07) is 9.94. The van der Waals surface area contributed by atoms with E-state index in [0.29, 0.717) is 25.9 Å². The van der Waals surface area contributed by atoms with Gasteiger partial charge in [-0.2, -0.15) is 0 Å². The smallest absolute Gasteiger partial charge is 0.314 e. The van der Waals surface area contributed by atoms with Gasteiger partial charge in [-0.25, -0.2) is 4.79 Å². The van der Waals surface area contributed by atoms with Gasteiger partial charge in [-0.3, -0.25) is 0 Å². The minimum Gasteiger partial charge on any atom is -0.393 e. The zero-order chi connectivity index (χ0) is 15.0. The molecule has 0 saturated heterocycles. The average Bonchev–Trinajstić information content (AvgIpc) is 2.46. The van der Waals surface area contributed by atoms with Gasteiger partial charge < -0.3 is 15.7 Å². The lowest BCUT2D eigenvalue weighted by atomic mass is 9.85. The van der Waals surface area contributed by atoms with E-state index >= 15 is 0 Å². The van der Waals surface area contributed by atoms with Gasteiger partial charge in [0.1, 0.15) is 0 Å². The minimum absolute atomic E-state index is 0.110. The number of rotatable bonds is 7. The van der Waals surface area contributed by atoms with Crippen LogP contribution in [0.1, 0.15) is 39.2 Å². The summed E-state index contributed by atoms with van der Waals surface area (Å²) in [5.41, 5.74) is 1.09. The highest BCUT2D eigenvalue weighted by atomic mass is 16.3. The Morgan fingerprint density at radius 3 is 2.50 bits per heavy atom. The number of carbonyl (C=O) groups is 1. The predicted octanol–water partition coefficient (Wildman–Crippen LogP) is 2.42. The third-order valence-electron chi connectivity index (χ3n) is 3.48. The summed E-state index contributed by atoms with van der Waals surface area (Å²) in [4.78, 5) is 11.7. The zero-order valence-corrected chi connectivity index (χ0v) is 12.6. The number of hydrogen-bond acceptors (Lipinski definition) is 2. The standard InChI is InChI=1S/C16H26N2O2/c1-4-14(19)10-11-17-15(20)18-12-16(2,3)13-8-6-5-7-9-13/h5-9,14,19H,4,10-12H2,1-3H3,(H2,17,18,20). The molecule has 1 unspecified atom stereocenters. The van der Waals surface area contributed by atoms with E-state index in [1.54, 1.807) is 0 Å². The highest BCUT2D eigenvalue weighted by Crippen LogP contribution is 2.21. The number of urea groups is 1. The van der Waals surface area contributed by atoms with Crippen LogP contribution >= 0.6 is 0 Å². The molecule has 1 rings (SSSR count). The molecule has 0 aliphatic heterocycles. The fourth-order valence-electron chi connectivity index (χ4n) is 1.91. The van der Waals surface area contributed by atoms with Gasteiger partial charge in [0.25, 0.3) is 0 Å². The molecule has 1 aromatic rings. The molecule has 1 aromatic carbocycles. The highest BCUT2D eigenvalue weighted by Gasteiger charge is 2.20. The summed E-state index contributed by atoms with van der Waals surface area (Å²) in [6.07, 6.45) is 0.965. The normalized spacial score (nSPS) is 12.8. The van der Waals surface area contributed by atoms with Crippen molar-refractivity contribution in [1.82, 2.24) is 10.6 Å². The molecule has 4 nitrogen and oxygen atoms in total. The monoisotopic (exact) mass is 278 g/mol. The molecule has 1 atom stereocenters. The van der Waals surface area contributed by atoms with Crippen LogP contribution in [0.25, 0.3) is 0 Å². The van der Waals surface area contributed by atoms with E-state index in [1.165, 1.54) is 5.56 Å². The summed E-state index contributed by atoms with van der Waals surface area (Å²) < 4.78 is 0. The first-order valence-electron chi connectivity index (χ1n) is 7.21. The molecule has 112 valence electrons. The Kier molecular flexibility index (Phi) is 6.52. The van der Waals surface area contributed by atoms with E-state index in [9.17, 15) is 9.90 Å². The molecule has 0 aliphatic rings. The molecule has 0 saturated carbocycles. The van der Waals surface area contributed by atoms with Crippen LogP contribution in [-0.4, -0.2) is 30.3 Å². The third kappa shape index (κ3) is 5.61. The Balaban J connectivity index is 2.33. The second-order valence-electron chi connectivity index (χ2n) is 5.71. The average molecular weight is 278 g/mol. The lowest BCUT2D eigenvalue weighted by Gasteiger charge is -2.25. The van der Waals surface area contributed by atoms with Gasteiger partial charge in [0, 0.05) is 18.5 Å². The van der Waals surface area contributed by atoms with Gasteiger partial charge >= 0.3 is 6.03 Å². The zero-order valence-electron chi connectivity index (χ0n) is 12.6. The van der Waals surface area contributed by atoms with Crippen LogP contribution in [0, 0.1) is 0 Å². The Morgan fingerprint density at radius 1 is 1.25 bits per heavy atom.